The van der Waals surface area contributed by atoms with Crippen LogP contribution in [0.5, 0.6) is 0 Å². The van der Waals surface area contributed by atoms with E-state index in [1.807, 2.05) is 0 Å². The standard InChI is InChI=1S/C10H16N4/c11-8(7-3-4-7)6-10-13-12-9-2-1-5-14(9)10/h7-8H,1-6,11H2. The van der Waals surface area contributed by atoms with Gasteiger partial charge in [-0.1, -0.05) is 0 Å². The van der Waals surface area contributed by atoms with Gasteiger partial charge in [-0.15, -0.1) is 10.2 Å². The number of fused-ring (bicyclic) bond motifs is 1. The first-order valence-electron chi connectivity index (χ1n) is 5.51. The number of nitrogens with zero attached hydrogens (tertiary/aromatic N) is 3. The molecule has 1 atom stereocenters. The molecule has 1 aromatic heterocycles. The first kappa shape index (κ1) is 8.41. The highest BCUT2D eigenvalue weighted by Gasteiger charge is 2.30. The molecule has 0 spiro atoms. The van der Waals surface area contributed by atoms with Gasteiger partial charge in [-0.05, 0) is 25.2 Å². The van der Waals surface area contributed by atoms with E-state index in [2.05, 4.69) is 14.8 Å². The summed E-state index contributed by atoms with van der Waals surface area (Å²) in [5, 5.41) is 8.41. The van der Waals surface area contributed by atoms with Gasteiger partial charge < -0.3 is 10.3 Å². The van der Waals surface area contributed by atoms with Crippen LogP contribution in [0.2, 0.25) is 0 Å². The van der Waals surface area contributed by atoms with E-state index in [4.69, 9.17) is 5.73 Å². The van der Waals surface area contributed by atoms with Crippen LogP contribution >= 0.6 is 0 Å². The van der Waals surface area contributed by atoms with Crippen LogP contribution in [-0.2, 0) is 19.4 Å². The highest BCUT2D eigenvalue weighted by atomic mass is 15.3. The Balaban J connectivity index is 1.76. The minimum atomic E-state index is 0.309. The zero-order valence-electron chi connectivity index (χ0n) is 8.32. The average molecular weight is 192 g/mol. The summed E-state index contributed by atoms with van der Waals surface area (Å²) in [6, 6.07) is 0.309. The van der Waals surface area contributed by atoms with E-state index in [-0.39, 0.29) is 0 Å². The topological polar surface area (TPSA) is 56.7 Å². The summed E-state index contributed by atoms with van der Waals surface area (Å²) < 4.78 is 2.25. The van der Waals surface area contributed by atoms with Gasteiger partial charge in [0.05, 0.1) is 0 Å². The zero-order chi connectivity index (χ0) is 9.54. The Morgan fingerprint density at radius 3 is 3.07 bits per heavy atom. The minimum Gasteiger partial charge on any atom is -0.327 e. The van der Waals surface area contributed by atoms with Gasteiger partial charge in [0, 0.05) is 25.4 Å². The van der Waals surface area contributed by atoms with E-state index in [9.17, 15) is 0 Å². The van der Waals surface area contributed by atoms with E-state index >= 15 is 0 Å². The van der Waals surface area contributed by atoms with Crippen molar-refractivity contribution in [2.45, 2.75) is 44.7 Å². The normalized spacial score (nSPS) is 22.4. The average Bonchev–Trinajstić information content (AvgIpc) is 2.81. The maximum atomic E-state index is 6.08. The summed E-state index contributed by atoms with van der Waals surface area (Å²) in [6.07, 6.45) is 5.84. The Kier molecular flexibility index (Phi) is 1.83. The largest absolute Gasteiger partial charge is 0.327 e. The van der Waals surface area contributed by atoms with Crippen molar-refractivity contribution in [3.05, 3.63) is 11.6 Å². The molecule has 1 aliphatic heterocycles. The molecule has 1 fully saturated rings. The quantitative estimate of drug-likeness (QED) is 0.759. The monoisotopic (exact) mass is 192 g/mol. The van der Waals surface area contributed by atoms with Crippen LogP contribution in [0.1, 0.15) is 30.9 Å². The van der Waals surface area contributed by atoms with Crippen molar-refractivity contribution in [1.29, 1.82) is 0 Å². The molecule has 1 unspecified atom stereocenters. The molecule has 76 valence electrons. The number of hydrogen-bond donors (Lipinski definition) is 1. The molecule has 0 amide bonds. The van der Waals surface area contributed by atoms with Crippen molar-refractivity contribution < 1.29 is 0 Å². The van der Waals surface area contributed by atoms with E-state index in [1.165, 1.54) is 19.3 Å². The fourth-order valence-corrected chi connectivity index (χ4v) is 2.26. The van der Waals surface area contributed by atoms with Crippen LogP contribution in [0.15, 0.2) is 0 Å². The lowest BCUT2D eigenvalue weighted by Gasteiger charge is -2.09. The first-order valence-corrected chi connectivity index (χ1v) is 5.51. The lowest BCUT2D eigenvalue weighted by molar-refractivity contribution is 0.552. The summed E-state index contributed by atoms with van der Waals surface area (Å²) in [4.78, 5) is 0. The number of rotatable bonds is 3. The molecule has 0 bridgehead atoms. The number of hydrogen-bond acceptors (Lipinski definition) is 3. The summed E-state index contributed by atoms with van der Waals surface area (Å²) in [6.45, 7) is 1.09. The molecule has 4 nitrogen and oxygen atoms in total. The van der Waals surface area contributed by atoms with E-state index in [0.29, 0.717) is 6.04 Å². The molecule has 0 aromatic carbocycles. The van der Waals surface area contributed by atoms with Crippen molar-refractivity contribution in [2.24, 2.45) is 11.7 Å². The predicted octanol–water partition coefficient (Wildman–Crippen LogP) is 0.504. The van der Waals surface area contributed by atoms with Crippen LogP contribution in [0, 0.1) is 5.92 Å². The SMILES string of the molecule is NC(Cc1nnc2n1CCC2)C1CC1. The summed E-state index contributed by atoms with van der Waals surface area (Å²) in [5.74, 6) is 3.02. The molecular weight excluding hydrogens is 176 g/mol. The number of nitrogens with two attached hydrogens (primary N) is 1. The summed E-state index contributed by atoms with van der Waals surface area (Å²) in [5.41, 5.74) is 6.08. The molecule has 0 radical (unpaired) electrons. The van der Waals surface area contributed by atoms with Crippen molar-refractivity contribution in [3.63, 3.8) is 0 Å². The van der Waals surface area contributed by atoms with Gasteiger partial charge in [0.1, 0.15) is 11.6 Å². The number of aryl methyl sites for hydroxylation is 1. The van der Waals surface area contributed by atoms with Crippen molar-refractivity contribution in [3.8, 4) is 0 Å². The molecule has 2 heterocycles. The second kappa shape index (κ2) is 3.05. The highest BCUT2D eigenvalue weighted by Crippen LogP contribution is 2.32. The van der Waals surface area contributed by atoms with Gasteiger partial charge in [0.15, 0.2) is 0 Å². The maximum absolute atomic E-state index is 6.08. The predicted molar refractivity (Wildman–Crippen MR) is 52.7 cm³/mol. The second-order valence-corrected chi connectivity index (χ2v) is 4.49. The fourth-order valence-electron chi connectivity index (χ4n) is 2.26. The Hall–Kier alpha value is -0.900. The van der Waals surface area contributed by atoms with Crippen LogP contribution in [0.25, 0.3) is 0 Å². The molecular formula is C10H16N4. The molecule has 1 aliphatic carbocycles. The third-order valence-corrected chi connectivity index (χ3v) is 3.33. The van der Waals surface area contributed by atoms with Crippen LogP contribution in [0.3, 0.4) is 0 Å². The summed E-state index contributed by atoms with van der Waals surface area (Å²) in [7, 11) is 0. The fraction of sp³-hybridized carbons (Fsp3) is 0.800. The summed E-state index contributed by atoms with van der Waals surface area (Å²) >= 11 is 0. The third kappa shape index (κ3) is 1.34. The Morgan fingerprint density at radius 1 is 1.43 bits per heavy atom. The second-order valence-electron chi connectivity index (χ2n) is 4.49. The van der Waals surface area contributed by atoms with Gasteiger partial charge in [0.2, 0.25) is 0 Å². The zero-order valence-corrected chi connectivity index (χ0v) is 8.32. The maximum Gasteiger partial charge on any atom is 0.134 e. The van der Waals surface area contributed by atoms with Crippen molar-refractivity contribution in [1.82, 2.24) is 14.8 Å². The van der Waals surface area contributed by atoms with Gasteiger partial charge >= 0.3 is 0 Å². The molecule has 2 aliphatic rings. The van der Waals surface area contributed by atoms with Crippen molar-refractivity contribution >= 4 is 0 Å². The Labute approximate surface area is 83.5 Å². The van der Waals surface area contributed by atoms with Crippen LogP contribution in [0.4, 0.5) is 0 Å². The number of aromatic nitrogens is 3. The van der Waals surface area contributed by atoms with E-state index in [1.54, 1.807) is 0 Å². The third-order valence-electron chi connectivity index (χ3n) is 3.33. The molecule has 3 rings (SSSR count). The lowest BCUT2D eigenvalue weighted by atomic mass is 10.1. The Bertz CT molecular complexity index is 340. The van der Waals surface area contributed by atoms with E-state index in [0.717, 1.165) is 37.0 Å². The van der Waals surface area contributed by atoms with Crippen molar-refractivity contribution in [2.75, 3.05) is 0 Å². The Morgan fingerprint density at radius 2 is 2.29 bits per heavy atom. The molecule has 14 heavy (non-hydrogen) atoms. The molecule has 1 saturated carbocycles. The first-order chi connectivity index (χ1) is 6.84. The molecule has 1 aromatic rings. The minimum absolute atomic E-state index is 0.309. The van der Waals surface area contributed by atoms with Gasteiger partial charge in [0.25, 0.3) is 0 Å². The molecule has 4 heteroatoms. The van der Waals surface area contributed by atoms with Crippen LogP contribution in [-0.4, -0.2) is 20.8 Å². The van der Waals surface area contributed by atoms with Gasteiger partial charge in [-0.2, -0.15) is 0 Å². The highest BCUT2D eigenvalue weighted by molar-refractivity contribution is 5.03. The lowest BCUT2D eigenvalue weighted by Crippen LogP contribution is -2.26. The molecule has 0 saturated heterocycles. The molecule has 2 N–H and O–H groups in total. The van der Waals surface area contributed by atoms with E-state index < -0.39 is 0 Å². The van der Waals surface area contributed by atoms with Gasteiger partial charge in [-0.3, -0.25) is 0 Å². The van der Waals surface area contributed by atoms with Crippen LogP contribution < -0.4 is 5.73 Å². The smallest absolute Gasteiger partial charge is 0.134 e. The van der Waals surface area contributed by atoms with Gasteiger partial charge in [-0.25, -0.2) is 0 Å².